The van der Waals surface area contributed by atoms with Crippen molar-refractivity contribution in [3.8, 4) is 0 Å². The van der Waals surface area contributed by atoms with Crippen LogP contribution in [-0.2, 0) is 11.3 Å². The first kappa shape index (κ1) is 14.0. The van der Waals surface area contributed by atoms with Crippen LogP contribution in [0.1, 0.15) is 20.3 Å². The number of methoxy groups -OCH3 is 1. The summed E-state index contributed by atoms with van der Waals surface area (Å²) in [6, 6.07) is 2.29. The second-order valence-electron chi connectivity index (χ2n) is 4.29. The molecule has 1 aromatic heterocycles. The third-order valence-electron chi connectivity index (χ3n) is 2.93. The van der Waals surface area contributed by atoms with Gasteiger partial charge in [-0.3, -0.25) is 9.58 Å². The molecule has 0 amide bonds. The number of likely N-dealkylation sites (N-methyl/N-ethyl adjacent to an activating group) is 1. The third-order valence-corrected chi connectivity index (χ3v) is 2.93. The van der Waals surface area contributed by atoms with Crippen molar-refractivity contribution in [2.24, 2.45) is 0 Å². The van der Waals surface area contributed by atoms with Crippen LogP contribution in [0.5, 0.6) is 0 Å². The molecule has 2 N–H and O–H groups in total. The number of hydrogen-bond donors (Lipinski definition) is 1. The van der Waals surface area contributed by atoms with Gasteiger partial charge < -0.3 is 10.5 Å². The second-order valence-corrected chi connectivity index (χ2v) is 4.29. The van der Waals surface area contributed by atoms with Crippen molar-refractivity contribution >= 4 is 5.82 Å². The molecule has 0 bridgehead atoms. The van der Waals surface area contributed by atoms with Gasteiger partial charge in [0, 0.05) is 32.4 Å². The number of rotatable bonds is 8. The molecule has 1 atom stereocenters. The van der Waals surface area contributed by atoms with E-state index in [2.05, 4.69) is 23.8 Å². The van der Waals surface area contributed by atoms with Crippen molar-refractivity contribution in [2.75, 3.05) is 32.5 Å². The van der Waals surface area contributed by atoms with Crippen molar-refractivity contribution in [1.29, 1.82) is 0 Å². The maximum atomic E-state index is 5.57. The van der Waals surface area contributed by atoms with Crippen molar-refractivity contribution in [3.05, 3.63) is 12.3 Å². The molecule has 0 fully saturated rings. The highest BCUT2D eigenvalue weighted by Crippen LogP contribution is 2.03. The number of nitrogen functional groups attached to an aromatic ring is 1. The number of nitrogens with zero attached hydrogens (tertiary/aromatic N) is 3. The Morgan fingerprint density at radius 2 is 2.35 bits per heavy atom. The van der Waals surface area contributed by atoms with E-state index in [9.17, 15) is 0 Å². The predicted octanol–water partition coefficient (Wildman–Crippen LogP) is 1.21. The summed E-state index contributed by atoms with van der Waals surface area (Å²) < 4.78 is 7.07. The Balaban J connectivity index is 2.28. The summed E-state index contributed by atoms with van der Waals surface area (Å²) in [4.78, 5) is 2.41. The first-order chi connectivity index (χ1) is 8.17. The molecular formula is C12H24N4O. The summed E-state index contributed by atoms with van der Waals surface area (Å²) in [6.07, 6.45) is 2.99. The van der Waals surface area contributed by atoms with E-state index < -0.39 is 0 Å². The summed E-state index contributed by atoms with van der Waals surface area (Å²) in [5.41, 5.74) is 5.57. The highest BCUT2D eigenvalue weighted by atomic mass is 16.5. The van der Waals surface area contributed by atoms with E-state index in [4.69, 9.17) is 10.5 Å². The van der Waals surface area contributed by atoms with Crippen LogP contribution in [0.25, 0.3) is 0 Å². The second kappa shape index (κ2) is 7.29. The first-order valence-electron chi connectivity index (χ1n) is 6.19. The van der Waals surface area contributed by atoms with Crippen molar-refractivity contribution in [3.63, 3.8) is 0 Å². The molecule has 1 unspecified atom stereocenters. The van der Waals surface area contributed by atoms with E-state index in [-0.39, 0.29) is 0 Å². The van der Waals surface area contributed by atoms with Gasteiger partial charge >= 0.3 is 0 Å². The third kappa shape index (κ3) is 4.75. The first-order valence-corrected chi connectivity index (χ1v) is 6.19. The van der Waals surface area contributed by atoms with Crippen molar-refractivity contribution in [1.82, 2.24) is 14.7 Å². The van der Waals surface area contributed by atoms with Gasteiger partial charge in [0.25, 0.3) is 0 Å². The fourth-order valence-electron chi connectivity index (χ4n) is 1.97. The molecule has 0 saturated carbocycles. The lowest BCUT2D eigenvalue weighted by Crippen LogP contribution is -2.37. The van der Waals surface area contributed by atoms with E-state index in [1.165, 1.54) is 0 Å². The smallest absolute Gasteiger partial charge is 0.145 e. The molecule has 1 heterocycles. The number of ether oxygens (including phenoxy) is 1. The Morgan fingerprint density at radius 3 is 2.88 bits per heavy atom. The zero-order valence-electron chi connectivity index (χ0n) is 11.1. The van der Waals surface area contributed by atoms with Gasteiger partial charge in [0.2, 0.25) is 0 Å². The minimum absolute atomic E-state index is 0.465. The predicted molar refractivity (Wildman–Crippen MR) is 69.8 cm³/mol. The van der Waals surface area contributed by atoms with E-state index >= 15 is 0 Å². The molecule has 1 aromatic rings. The van der Waals surface area contributed by atoms with Crippen LogP contribution >= 0.6 is 0 Å². The van der Waals surface area contributed by atoms with Crippen LogP contribution in [0.2, 0.25) is 0 Å². The Hall–Kier alpha value is -1.07. The molecule has 0 aliphatic carbocycles. The molecule has 98 valence electrons. The topological polar surface area (TPSA) is 56.3 Å². The van der Waals surface area contributed by atoms with Gasteiger partial charge in [-0.05, 0) is 26.0 Å². The summed E-state index contributed by atoms with van der Waals surface area (Å²) in [5.74, 6) is 0.588. The molecule has 5 heteroatoms. The Bertz CT molecular complexity index is 313. The molecule has 0 spiro atoms. The minimum atomic E-state index is 0.465. The molecular weight excluding hydrogens is 216 g/mol. The Morgan fingerprint density at radius 1 is 1.59 bits per heavy atom. The van der Waals surface area contributed by atoms with Gasteiger partial charge in [0.1, 0.15) is 5.82 Å². The van der Waals surface area contributed by atoms with Crippen LogP contribution in [0.15, 0.2) is 12.3 Å². The van der Waals surface area contributed by atoms with Gasteiger partial charge in [-0.25, -0.2) is 0 Å². The van der Waals surface area contributed by atoms with Gasteiger partial charge in [0.05, 0.1) is 6.61 Å². The van der Waals surface area contributed by atoms with E-state index in [0.717, 1.165) is 32.7 Å². The SMILES string of the molecule is CCN(CCCn1ccc(N)n1)C(C)COC. The average molecular weight is 240 g/mol. The molecule has 17 heavy (non-hydrogen) atoms. The fourth-order valence-corrected chi connectivity index (χ4v) is 1.97. The zero-order valence-corrected chi connectivity index (χ0v) is 11.1. The summed E-state index contributed by atoms with van der Waals surface area (Å²) in [6.45, 7) is 8.17. The highest BCUT2D eigenvalue weighted by Gasteiger charge is 2.10. The van der Waals surface area contributed by atoms with E-state index in [0.29, 0.717) is 11.9 Å². The summed E-state index contributed by atoms with van der Waals surface area (Å²) in [7, 11) is 1.75. The maximum absolute atomic E-state index is 5.57. The maximum Gasteiger partial charge on any atom is 0.145 e. The lowest BCUT2D eigenvalue weighted by molar-refractivity contribution is 0.101. The van der Waals surface area contributed by atoms with Crippen LogP contribution in [0.4, 0.5) is 5.82 Å². The van der Waals surface area contributed by atoms with Crippen molar-refractivity contribution in [2.45, 2.75) is 32.9 Å². The largest absolute Gasteiger partial charge is 0.383 e. The molecule has 1 rings (SSSR count). The molecule has 0 aliphatic heterocycles. The van der Waals surface area contributed by atoms with E-state index in [1.54, 1.807) is 7.11 Å². The van der Waals surface area contributed by atoms with E-state index in [1.807, 2.05) is 16.9 Å². The highest BCUT2D eigenvalue weighted by molar-refractivity contribution is 5.23. The number of hydrogen-bond acceptors (Lipinski definition) is 4. The molecule has 0 aromatic carbocycles. The van der Waals surface area contributed by atoms with Crippen LogP contribution < -0.4 is 5.73 Å². The molecule has 5 nitrogen and oxygen atoms in total. The Kier molecular flexibility index (Phi) is 6.00. The lowest BCUT2D eigenvalue weighted by Gasteiger charge is -2.27. The lowest BCUT2D eigenvalue weighted by atomic mass is 10.2. The van der Waals surface area contributed by atoms with Gasteiger partial charge in [0.15, 0.2) is 0 Å². The zero-order chi connectivity index (χ0) is 12.7. The normalized spacial score (nSPS) is 13.2. The molecule has 0 aliphatic rings. The number of aryl methyl sites for hydroxylation is 1. The number of nitrogens with two attached hydrogens (primary N) is 1. The average Bonchev–Trinajstić information content (AvgIpc) is 2.71. The molecule has 0 radical (unpaired) electrons. The molecule has 0 saturated heterocycles. The van der Waals surface area contributed by atoms with Crippen LogP contribution in [-0.4, -0.2) is 47.5 Å². The minimum Gasteiger partial charge on any atom is -0.383 e. The quantitative estimate of drug-likeness (QED) is 0.742. The standard InChI is InChI=1S/C12H24N4O/c1-4-15(11(2)10-17-3)7-5-8-16-9-6-12(13)14-16/h6,9,11H,4-5,7-8,10H2,1-3H3,(H2,13,14). The number of aromatic nitrogens is 2. The fraction of sp³-hybridized carbons (Fsp3) is 0.750. The number of anilines is 1. The summed E-state index contributed by atoms with van der Waals surface area (Å²) in [5, 5.41) is 4.17. The summed E-state index contributed by atoms with van der Waals surface area (Å²) >= 11 is 0. The van der Waals surface area contributed by atoms with Crippen molar-refractivity contribution < 1.29 is 4.74 Å². The monoisotopic (exact) mass is 240 g/mol. The van der Waals surface area contributed by atoms with Gasteiger partial charge in [-0.15, -0.1) is 0 Å². The van der Waals surface area contributed by atoms with Crippen LogP contribution in [0.3, 0.4) is 0 Å². The van der Waals surface area contributed by atoms with Gasteiger partial charge in [-0.2, -0.15) is 5.10 Å². The Labute approximate surface area is 104 Å². The van der Waals surface area contributed by atoms with Gasteiger partial charge in [-0.1, -0.05) is 6.92 Å². The van der Waals surface area contributed by atoms with Crippen LogP contribution in [0, 0.1) is 0 Å².